The molecule has 0 radical (unpaired) electrons. The molecule has 152 valence electrons. The van der Waals surface area contributed by atoms with Gasteiger partial charge in [-0.05, 0) is 30.4 Å². The normalized spacial score (nSPS) is 22.4. The fraction of sp³-hybridized carbons (Fsp3) is 0.471. The van der Waals surface area contributed by atoms with Gasteiger partial charge in [-0.3, -0.25) is 15.6 Å². The molecule has 0 aromatic heterocycles. The number of hydrogen-bond acceptors (Lipinski definition) is 3. The molecule has 1 aromatic carbocycles. The van der Waals surface area contributed by atoms with E-state index in [-0.39, 0.29) is 43.4 Å². The SMILES string of the molecule is N=C1CN(C(=O)C2CC2Cc2cc(F)c(F)cc2F)CCN1C(=N)C(F)(F)F. The van der Waals surface area contributed by atoms with E-state index in [1.54, 1.807) is 0 Å². The standard InChI is InChI=1S/C17H16F6N4O/c18-11-6-13(20)12(19)5-9(11)3-8-4-10(8)15(28)26-1-2-27(14(24)7-26)16(25)17(21,22)23/h5-6,8,10,24-25H,1-4,7H2. The summed E-state index contributed by atoms with van der Waals surface area (Å²) in [7, 11) is 0. The first-order chi connectivity index (χ1) is 13.0. The van der Waals surface area contributed by atoms with Crippen LogP contribution < -0.4 is 0 Å². The van der Waals surface area contributed by atoms with Gasteiger partial charge < -0.3 is 9.80 Å². The van der Waals surface area contributed by atoms with Crippen molar-refractivity contribution in [1.82, 2.24) is 9.80 Å². The van der Waals surface area contributed by atoms with Crippen LogP contribution in [0.1, 0.15) is 12.0 Å². The van der Waals surface area contributed by atoms with Crippen LogP contribution in [0.4, 0.5) is 26.3 Å². The summed E-state index contributed by atoms with van der Waals surface area (Å²) in [5.74, 6) is -6.72. The highest BCUT2D eigenvalue weighted by atomic mass is 19.4. The first-order valence-corrected chi connectivity index (χ1v) is 8.42. The van der Waals surface area contributed by atoms with Gasteiger partial charge in [0.05, 0.1) is 6.54 Å². The largest absolute Gasteiger partial charge is 0.449 e. The summed E-state index contributed by atoms with van der Waals surface area (Å²) < 4.78 is 77.8. The molecule has 1 aromatic rings. The van der Waals surface area contributed by atoms with E-state index in [4.69, 9.17) is 10.8 Å². The number of halogens is 6. The molecule has 1 saturated carbocycles. The quantitative estimate of drug-likeness (QED) is 0.351. The van der Waals surface area contributed by atoms with E-state index in [0.29, 0.717) is 17.4 Å². The number of alkyl halides is 3. The van der Waals surface area contributed by atoms with Crippen LogP contribution in [0.2, 0.25) is 0 Å². The first-order valence-electron chi connectivity index (χ1n) is 8.42. The third kappa shape index (κ3) is 3.97. The highest BCUT2D eigenvalue weighted by Crippen LogP contribution is 2.43. The molecule has 0 bridgehead atoms. The number of carbonyl (C=O) groups excluding carboxylic acids is 1. The number of benzene rings is 1. The third-order valence-electron chi connectivity index (χ3n) is 4.92. The van der Waals surface area contributed by atoms with Gasteiger partial charge in [-0.25, -0.2) is 13.2 Å². The maximum atomic E-state index is 13.7. The Bertz CT molecular complexity index is 840. The molecule has 2 fully saturated rings. The Hall–Kier alpha value is -2.59. The van der Waals surface area contributed by atoms with Gasteiger partial charge in [-0.1, -0.05) is 0 Å². The van der Waals surface area contributed by atoms with Gasteiger partial charge in [0.1, 0.15) is 11.7 Å². The number of hydrogen-bond donors (Lipinski definition) is 2. The average molecular weight is 406 g/mol. The second-order valence-electron chi connectivity index (χ2n) is 6.87. The maximum Gasteiger partial charge on any atom is 0.449 e. The highest BCUT2D eigenvalue weighted by Gasteiger charge is 2.47. The Morgan fingerprint density at radius 2 is 1.75 bits per heavy atom. The summed E-state index contributed by atoms with van der Waals surface area (Å²) >= 11 is 0. The van der Waals surface area contributed by atoms with Crippen LogP contribution in [0.5, 0.6) is 0 Å². The Balaban J connectivity index is 1.58. The minimum atomic E-state index is -4.88. The van der Waals surface area contributed by atoms with Gasteiger partial charge in [0.15, 0.2) is 11.6 Å². The van der Waals surface area contributed by atoms with E-state index >= 15 is 0 Å². The molecule has 2 aliphatic rings. The lowest BCUT2D eigenvalue weighted by atomic mass is 10.1. The second-order valence-corrected chi connectivity index (χ2v) is 6.87. The fourth-order valence-electron chi connectivity index (χ4n) is 3.30. The van der Waals surface area contributed by atoms with Gasteiger partial charge in [0.2, 0.25) is 11.7 Å². The maximum absolute atomic E-state index is 13.7. The Labute approximate surface area is 155 Å². The molecule has 5 nitrogen and oxygen atoms in total. The van der Waals surface area contributed by atoms with Gasteiger partial charge in [0, 0.05) is 25.1 Å². The van der Waals surface area contributed by atoms with E-state index in [1.807, 2.05) is 0 Å². The van der Waals surface area contributed by atoms with Gasteiger partial charge >= 0.3 is 6.18 Å². The van der Waals surface area contributed by atoms with Crippen molar-refractivity contribution in [1.29, 1.82) is 10.8 Å². The van der Waals surface area contributed by atoms with E-state index in [1.165, 1.54) is 4.90 Å². The molecule has 0 spiro atoms. The minimum absolute atomic E-state index is 0.0373. The van der Waals surface area contributed by atoms with E-state index in [0.717, 1.165) is 6.07 Å². The monoisotopic (exact) mass is 406 g/mol. The predicted octanol–water partition coefficient (Wildman–Crippen LogP) is 2.94. The van der Waals surface area contributed by atoms with Crippen molar-refractivity contribution >= 4 is 17.6 Å². The van der Waals surface area contributed by atoms with Crippen LogP contribution in [0.25, 0.3) is 0 Å². The average Bonchev–Trinajstić information content (AvgIpc) is 3.36. The molecule has 28 heavy (non-hydrogen) atoms. The minimum Gasteiger partial charge on any atom is -0.333 e. The van der Waals surface area contributed by atoms with Crippen LogP contribution in [0.15, 0.2) is 12.1 Å². The zero-order valence-electron chi connectivity index (χ0n) is 14.4. The number of amidine groups is 2. The van der Waals surface area contributed by atoms with Crippen molar-refractivity contribution in [2.45, 2.75) is 19.0 Å². The molecular weight excluding hydrogens is 390 g/mol. The van der Waals surface area contributed by atoms with Crippen molar-refractivity contribution in [3.8, 4) is 0 Å². The van der Waals surface area contributed by atoms with Gasteiger partial charge in [-0.15, -0.1) is 0 Å². The molecule has 3 rings (SSSR count). The molecule has 1 aliphatic heterocycles. The lowest BCUT2D eigenvalue weighted by molar-refractivity contribution is -0.132. The number of nitrogens with zero attached hydrogens (tertiary/aromatic N) is 2. The summed E-state index contributed by atoms with van der Waals surface area (Å²) in [4.78, 5) is 14.2. The first kappa shape index (κ1) is 20.2. The van der Waals surface area contributed by atoms with Crippen LogP contribution in [-0.2, 0) is 11.2 Å². The molecule has 1 saturated heterocycles. The van der Waals surface area contributed by atoms with E-state index in [9.17, 15) is 31.1 Å². The number of carbonyl (C=O) groups is 1. The zero-order valence-corrected chi connectivity index (χ0v) is 14.4. The molecule has 11 heteroatoms. The summed E-state index contributed by atoms with van der Waals surface area (Å²) in [6, 6.07) is 1.20. The molecule has 1 heterocycles. The predicted molar refractivity (Wildman–Crippen MR) is 86.4 cm³/mol. The summed E-state index contributed by atoms with van der Waals surface area (Å²) in [6.45, 7) is -0.763. The number of amides is 1. The smallest absolute Gasteiger partial charge is 0.333 e. The van der Waals surface area contributed by atoms with E-state index in [2.05, 4.69) is 0 Å². The highest BCUT2D eigenvalue weighted by molar-refractivity contribution is 6.03. The van der Waals surface area contributed by atoms with Crippen LogP contribution >= 0.6 is 0 Å². The van der Waals surface area contributed by atoms with Crippen LogP contribution in [0.3, 0.4) is 0 Å². The number of nitrogens with one attached hydrogen (secondary N) is 2. The topological polar surface area (TPSA) is 71.2 Å². The van der Waals surface area contributed by atoms with Crippen molar-refractivity contribution in [3.05, 3.63) is 35.1 Å². The third-order valence-corrected chi connectivity index (χ3v) is 4.92. The summed E-state index contributed by atoms with van der Waals surface area (Å²) in [5.41, 5.74) is -0.0459. The van der Waals surface area contributed by atoms with E-state index < -0.39 is 41.2 Å². The van der Waals surface area contributed by atoms with Crippen molar-refractivity contribution in [2.24, 2.45) is 11.8 Å². The van der Waals surface area contributed by atoms with Gasteiger partial charge in [-0.2, -0.15) is 13.2 Å². The molecule has 2 unspecified atom stereocenters. The Morgan fingerprint density at radius 1 is 1.11 bits per heavy atom. The summed E-state index contributed by atoms with van der Waals surface area (Å²) in [6.07, 6.45) is -4.45. The molecular formula is C17H16F6N4O. The number of rotatable bonds is 3. The molecule has 1 aliphatic carbocycles. The lowest BCUT2D eigenvalue weighted by Crippen LogP contribution is -2.56. The molecule has 1 amide bonds. The lowest BCUT2D eigenvalue weighted by Gasteiger charge is -2.36. The van der Waals surface area contributed by atoms with Crippen molar-refractivity contribution in [3.63, 3.8) is 0 Å². The second kappa shape index (κ2) is 7.10. The van der Waals surface area contributed by atoms with Crippen LogP contribution in [-0.4, -0.2) is 53.2 Å². The summed E-state index contributed by atoms with van der Waals surface area (Å²) in [5, 5.41) is 14.8. The molecule has 2 atom stereocenters. The van der Waals surface area contributed by atoms with Crippen LogP contribution in [0, 0.1) is 40.1 Å². The van der Waals surface area contributed by atoms with Crippen molar-refractivity contribution < 1.29 is 31.1 Å². The van der Waals surface area contributed by atoms with Gasteiger partial charge in [0.25, 0.3) is 0 Å². The Kier molecular flexibility index (Phi) is 5.11. The fourth-order valence-corrected chi connectivity index (χ4v) is 3.30. The van der Waals surface area contributed by atoms with Crippen molar-refractivity contribution in [2.75, 3.05) is 19.6 Å². The number of piperazine rings is 1. The Morgan fingerprint density at radius 3 is 2.36 bits per heavy atom. The molecule has 2 N–H and O–H groups in total. The zero-order chi connectivity index (χ0) is 20.8.